The molecule has 0 aromatic heterocycles. The van der Waals surface area contributed by atoms with E-state index in [4.69, 9.17) is 10.5 Å². The maximum Gasteiger partial charge on any atom is 0.234 e. The van der Waals surface area contributed by atoms with Crippen LogP contribution in [0.4, 0.5) is 0 Å². The Kier molecular flexibility index (Phi) is 5.39. The minimum Gasteiger partial charge on any atom is -0.490 e. The van der Waals surface area contributed by atoms with E-state index in [2.05, 4.69) is 6.58 Å². The van der Waals surface area contributed by atoms with Crippen LogP contribution in [-0.4, -0.2) is 30.5 Å². The molecule has 2 N–H and O–H groups in total. The van der Waals surface area contributed by atoms with Gasteiger partial charge in [-0.1, -0.05) is 24.8 Å². The summed E-state index contributed by atoms with van der Waals surface area (Å²) < 4.78 is 5.40. The molecule has 0 bridgehead atoms. The summed E-state index contributed by atoms with van der Waals surface area (Å²) in [6.07, 6.45) is 1.70. The lowest BCUT2D eigenvalue weighted by Gasteiger charge is -2.21. The summed E-state index contributed by atoms with van der Waals surface area (Å²) in [5, 5.41) is 0. The van der Waals surface area contributed by atoms with Gasteiger partial charge in [-0.3, -0.25) is 9.69 Å². The van der Waals surface area contributed by atoms with Gasteiger partial charge < -0.3 is 10.5 Å². The van der Waals surface area contributed by atoms with Crippen molar-refractivity contribution in [2.45, 2.75) is 19.5 Å². The van der Waals surface area contributed by atoms with E-state index in [0.29, 0.717) is 13.2 Å². The third-order valence-corrected chi connectivity index (χ3v) is 2.80. The summed E-state index contributed by atoms with van der Waals surface area (Å²) >= 11 is 0. The Labute approximate surface area is 108 Å². The van der Waals surface area contributed by atoms with Crippen LogP contribution in [0.15, 0.2) is 36.9 Å². The van der Waals surface area contributed by atoms with Crippen LogP contribution in [0.25, 0.3) is 0 Å². The zero-order valence-corrected chi connectivity index (χ0v) is 10.9. The van der Waals surface area contributed by atoms with Gasteiger partial charge in [0.25, 0.3) is 0 Å². The van der Waals surface area contributed by atoms with E-state index in [1.165, 1.54) is 0 Å². The van der Waals surface area contributed by atoms with E-state index in [-0.39, 0.29) is 11.9 Å². The number of likely N-dealkylation sites (N-methyl/N-ethyl adjacent to an activating group) is 1. The molecule has 1 aromatic rings. The van der Waals surface area contributed by atoms with E-state index in [1.54, 1.807) is 13.0 Å². The van der Waals surface area contributed by atoms with Crippen LogP contribution in [-0.2, 0) is 11.3 Å². The van der Waals surface area contributed by atoms with Crippen LogP contribution < -0.4 is 10.5 Å². The van der Waals surface area contributed by atoms with Crippen molar-refractivity contribution in [2.24, 2.45) is 5.73 Å². The lowest BCUT2D eigenvalue weighted by atomic mass is 10.2. The Hall–Kier alpha value is -1.81. The highest BCUT2D eigenvalue weighted by atomic mass is 16.5. The number of ether oxygens (including phenoxy) is 1. The second kappa shape index (κ2) is 6.81. The molecule has 0 saturated heterocycles. The van der Waals surface area contributed by atoms with Gasteiger partial charge in [-0.2, -0.15) is 0 Å². The minimum atomic E-state index is -0.316. The molecule has 0 aliphatic carbocycles. The topological polar surface area (TPSA) is 55.6 Å². The Bertz CT molecular complexity index is 401. The predicted octanol–water partition coefficient (Wildman–Crippen LogP) is 1.56. The van der Waals surface area contributed by atoms with Gasteiger partial charge in [0, 0.05) is 6.54 Å². The fraction of sp³-hybridized carbons (Fsp3) is 0.357. The van der Waals surface area contributed by atoms with Crippen LogP contribution in [0.2, 0.25) is 0 Å². The third-order valence-electron chi connectivity index (χ3n) is 2.80. The van der Waals surface area contributed by atoms with Gasteiger partial charge in [0.2, 0.25) is 5.91 Å². The molecule has 1 rings (SSSR count). The molecule has 1 unspecified atom stereocenters. The van der Waals surface area contributed by atoms with Crippen molar-refractivity contribution in [2.75, 3.05) is 13.7 Å². The molecule has 0 spiro atoms. The van der Waals surface area contributed by atoms with E-state index in [0.717, 1.165) is 11.3 Å². The van der Waals surface area contributed by atoms with E-state index in [9.17, 15) is 4.79 Å². The smallest absolute Gasteiger partial charge is 0.234 e. The van der Waals surface area contributed by atoms with Crippen LogP contribution in [0, 0.1) is 0 Å². The number of carbonyl (C=O) groups is 1. The highest BCUT2D eigenvalue weighted by Crippen LogP contribution is 2.14. The number of primary amides is 1. The highest BCUT2D eigenvalue weighted by Gasteiger charge is 2.14. The summed E-state index contributed by atoms with van der Waals surface area (Å²) in [5.41, 5.74) is 6.37. The lowest BCUT2D eigenvalue weighted by molar-refractivity contribution is -0.122. The molecule has 1 aromatic carbocycles. The van der Waals surface area contributed by atoms with Gasteiger partial charge in [0.15, 0.2) is 0 Å². The fourth-order valence-electron chi connectivity index (χ4n) is 1.49. The molecule has 98 valence electrons. The lowest BCUT2D eigenvalue weighted by Crippen LogP contribution is -2.39. The average molecular weight is 248 g/mol. The van der Waals surface area contributed by atoms with Crippen LogP contribution >= 0.6 is 0 Å². The number of nitrogens with two attached hydrogens (primary N) is 1. The van der Waals surface area contributed by atoms with Crippen molar-refractivity contribution in [1.29, 1.82) is 0 Å². The second-order valence-electron chi connectivity index (χ2n) is 4.24. The third kappa shape index (κ3) is 4.22. The first-order valence-corrected chi connectivity index (χ1v) is 5.86. The van der Waals surface area contributed by atoms with E-state index in [1.807, 2.05) is 36.2 Å². The summed E-state index contributed by atoms with van der Waals surface area (Å²) in [6.45, 7) is 6.56. The first-order valence-electron chi connectivity index (χ1n) is 5.86. The van der Waals surface area contributed by atoms with Gasteiger partial charge in [-0.05, 0) is 31.7 Å². The molecule has 18 heavy (non-hydrogen) atoms. The molecule has 0 radical (unpaired) electrons. The first-order chi connectivity index (χ1) is 8.54. The van der Waals surface area contributed by atoms with Gasteiger partial charge in [0.1, 0.15) is 12.4 Å². The maximum atomic E-state index is 11.1. The fourth-order valence-corrected chi connectivity index (χ4v) is 1.49. The number of benzene rings is 1. The van der Waals surface area contributed by atoms with Crippen molar-refractivity contribution in [3.8, 4) is 5.75 Å². The molecule has 4 heteroatoms. The highest BCUT2D eigenvalue weighted by molar-refractivity contribution is 5.79. The predicted molar refractivity (Wildman–Crippen MR) is 72.3 cm³/mol. The molecule has 1 amide bonds. The molecular weight excluding hydrogens is 228 g/mol. The molecule has 0 fully saturated rings. The van der Waals surface area contributed by atoms with E-state index >= 15 is 0 Å². The van der Waals surface area contributed by atoms with Crippen molar-refractivity contribution >= 4 is 5.91 Å². The molecule has 0 aliphatic rings. The van der Waals surface area contributed by atoms with Crippen molar-refractivity contribution in [1.82, 2.24) is 4.90 Å². The van der Waals surface area contributed by atoms with Crippen LogP contribution in [0.5, 0.6) is 5.75 Å². The Morgan fingerprint density at radius 3 is 2.61 bits per heavy atom. The summed E-state index contributed by atoms with van der Waals surface area (Å²) in [4.78, 5) is 13.0. The number of amides is 1. The Morgan fingerprint density at radius 2 is 2.11 bits per heavy atom. The Balaban J connectivity index is 2.57. The molecule has 0 saturated carbocycles. The zero-order chi connectivity index (χ0) is 13.5. The van der Waals surface area contributed by atoms with Gasteiger partial charge in [-0.15, -0.1) is 0 Å². The molecule has 4 nitrogen and oxygen atoms in total. The van der Waals surface area contributed by atoms with Crippen molar-refractivity contribution < 1.29 is 9.53 Å². The van der Waals surface area contributed by atoms with Gasteiger partial charge in [0.05, 0.1) is 6.04 Å². The largest absolute Gasteiger partial charge is 0.490 e. The molecule has 0 heterocycles. The second-order valence-corrected chi connectivity index (χ2v) is 4.24. The van der Waals surface area contributed by atoms with Crippen molar-refractivity contribution in [3.63, 3.8) is 0 Å². The van der Waals surface area contributed by atoms with E-state index < -0.39 is 0 Å². The molecular formula is C14H20N2O2. The number of hydrogen-bond acceptors (Lipinski definition) is 3. The number of rotatable bonds is 7. The number of hydrogen-bond donors (Lipinski definition) is 1. The first kappa shape index (κ1) is 14.3. The van der Waals surface area contributed by atoms with Crippen LogP contribution in [0.3, 0.4) is 0 Å². The SMILES string of the molecule is C=CCOc1ccc(CN(C)C(C)C(N)=O)cc1. The van der Waals surface area contributed by atoms with Crippen molar-refractivity contribution in [3.05, 3.63) is 42.5 Å². The van der Waals surface area contributed by atoms with Gasteiger partial charge >= 0.3 is 0 Å². The minimum absolute atomic E-state index is 0.276. The number of carbonyl (C=O) groups excluding carboxylic acids is 1. The average Bonchev–Trinajstić information content (AvgIpc) is 2.36. The zero-order valence-electron chi connectivity index (χ0n) is 10.9. The summed E-state index contributed by atoms with van der Waals surface area (Å²) in [7, 11) is 1.87. The molecule has 1 atom stereocenters. The molecule has 0 aliphatic heterocycles. The number of nitrogens with zero attached hydrogens (tertiary/aromatic N) is 1. The van der Waals surface area contributed by atoms with Gasteiger partial charge in [-0.25, -0.2) is 0 Å². The summed E-state index contributed by atoms with van der Waals surface area (Å²) in [6, 6.07) is 7.48. The summed E-state index contributed by atoms with van der Waals surface area (Å²) in [5.74, 6) is 0.493. The monoisotopic (exact) mass is 248 g/mol. The quantitative estimate of drug-likeness (QED) is 0.745. The standard InChI is InChI=1S/C14H20N2O2/c1-4-9-18-13-7-5-12(6-8-13)10-16(3)11(2)14(15)17/h4-8,11H,1,9-10H2,2-3H3,(H2,15,17). The normalized spacial score (nSPS) is 12.2. The van der Waals surface area contributed by atoms with Crippen LogP contribution in [0.1, 0.15) is 12.5 Å². The maximum absolute atomic E-state index is 11.1. The Morgan fingerprint density at radius 1 is 1.50 bits per heavy atom.